The van der Waals surface area contributed by atoms with Crippen LogP contribution in [0.1, 0.15) is 32.6 Å². The van der Waals surface area contributed by atoms with Crippen molar-refractivity contribution in [2.45, 2.75) is 38.6 Å². The zero-order chi connectivity index (χ0) is 8.97. The van der Waals surface area contributed by atoms with Gasteiger partial charge in [-0.2, -0.15) is 0 Å². The third-order valence-corrected chi connectivity index (χ3v) is 2.87. The zero-order valence-electron chi connectivity index (χ0n) is 7.55. The van der Waals surface area contributed by atoms with Crippen molar-refractivity contribution >= 4 is 21.8 Å². The van der Waals surface area contributed by atoms with Gasteiger partial charge in [0.25, 0.3) is 0 Å². The summed E-state index contributed by atoms with van der Waals surface area (Å²) in [7, 11) is 0. The molecule has 0 bridgehead atoms. The highest BCUT2D eigenvalue weighted by molar-refractivity contribution is 9.09. The van der Waals surface area contributed by atoms with Crippen molar-refractivity contribution in [3.05, 3.63) is 0 Å². The van der Waals surface area contributed by atoms with Gasteiger partial charge in [-0.05, 0) is 19.3 Å². The monoisotopic (exact) mass is 233 g/mol. The van der Waals surface area contributed by atoms with Gasteiger partial charge in [-0.1, -0.05) is 22.9 Å². The lowest BCUT2D eigenvalue weighted by Gasteiger charge is -2.23. The first-order chi connectivity index (χ1) is 5.79. The Balaban J connectivity index is 2.43. The lowest BCUT2D eigenvalue weighted by molar-refractivity contribution is -0.131. The second-order valence-electron chi connectivity index (χ2n) is 3.23. The van der Waals surface area contributed by atoms with Gasteiger partial charge in [-0.3, -0.25) is 4.79 Å². The molecule has 0 aliphatic carbocycles. The number of alkyl halides is 1. The van der Waals surface area contributed by atoms with Gasteiger partial charge >= 0.3 is 0 Å². The minimum atomic E-state index is 0.316. The number of hydrogen-bond donors (Lipinski definition) is 0. The summed E-state index contributed by atoms with van der Waals surface area (Å²) in [5, 5.41) is 0.790. The fourth-order valence-electron chi connectivity index (χ4n) is 1.81. The van der Waals surface area contributed by atoms with E-state index < -0.39 is 0 Å². The van der Waals surface area contributed by atoms with Crippen LogP contribution in [0.15, 0.2) is 0 Å². The lowest BCUT2D eigenvalue weighted by Crippen LogP contribution is -2.35. The molecule has 1 unspecified atom stereocenters. The number of carbonyl (C=O) groups excluding carboxylic acids is 1. The molecule has 1 fully saturated rings. The molecule has 0 aromatic heterocycles. The van der Waals surface area contributed by atoms with Gasteiger partial charge in [-0.25, -0.2) is 0 Å². The highest BCUT2D eigenvalue weighted by Gasteiger charge is 2.26. The minimum absolute atomic E-state index is 0.316. The normalized spacial score (nSPS) is 23.2. The van der Waals surface area contributed by atoms with E-state index in [1.165, 1.54) is 12.8 Å². The second-order valence-corrected chi connectivity index (χ2v) is 4.02. The van der Waals surface area contributed by atoms with Crippen molar-refractivity contribution < 1.29 is 4.79 Å². The first-order valence-electron chi connectivity index (χ1n) is 4.65. The second kappa shape index (κ2) is 4.85. The van der Waals surface area contributed by atoms with E-state index >= 15 is 0 Å². The predicted molar refractivity (Wildman–Crippen MR) is 53.4 cm³/mol. The maximum atomic E-state index is 11.5. The molecule has 0 saturated carbocycles. The van der Waals surface area contributed by atoms with E-state index in [2.05, 4.69) is 22.9 Å². The third-order valence-electron chi connectivity index (χ3n) is 2.48. The topological polar surface area (TPSA) is 20.3 Å². The molecule has 70 valence electrons. The predicted octanol–water partition coefficient (Wildman–Crippen LogP) is 2.17. The molecule has 0 N–H and O–H groups in total. The van der Waals surface area contributed by atoms with Crippen LogP contribution in [0, 0.1) is 0 Å². The minimum Gasteiger partial charge on any atom is -0.340 e. The van der Waals surface area contributed by atoms with Gasteiger partial charge in [0.1, 0.15) is 0 Å². The molecule has 0 radical (unpaired) electrons. The number of amides is 1. The summed E-state index contributed by atoms with van der Waals surface area (Å²) in [6.07, 6.45) is 4.14. The van der Waals surface area contributed by atoms with Gasteiger partial charge in [0.2, 0.25) is 5.91 Å². The van der Waals surface area contributed by atoms with Gasteiger partial charge in [0, 0.05) is 24.3 Å². The van der Waals surface area contributed by atoms with E-state index in [1.807, 2.05) is 4.90 Å². The van der Waals surface area contributed by atoms with Crippen molar-refractivity contribution in [2.24, 2.45) is 0 Å². The molecule has 1 aliphatic rings. The number of halogens is 1. The Labute approximate surface area is 82.4 Å². The van der Waals surface area contributed by atoms with Crippen LogP contribution in [0.2, 0.25) is 0 Å². The van der Waals surface area contributed by atoms with Crippen LogP contribution in [0.4, 0.5) is 0 Å². The molecule has 12 heavy (non-hydrogen) atoms. The van der Waals surface area contributed by atoms with Crippen LogP contribution in [0.3, 0.4) is 0 Å². The molecule has 0 spiro atoms. The van der Waals surface area contributed by atoms with Crippen LogP contribution in [-0.4, -0.2) is 28.7 Å². The SMILES string of the molecule is CCC1CCCN1C(=O)CCBr. The molecular weight excluding hydrogens is 218 g/mol. The highest BCUT2D eigenvalue weighted by atomic mass is 79.9. The Morgan fingerprint density at radius 1 is 1.67 bits per heavy atom. The van der Waals surface area contributed by atoms with Crippen LogP contribution in [0.25, 0.3) is 0 Å². The first-order valence-corrected chi connectivity index (χ1v) is 5.77. The smallest absolute Gasteiger partial charge is 0.223 e. The van der Waals surface area contributed by atoms with Crippen molar-refractivity contribution in [1.29, 1.82) is 0 Å². The highest BCUT2D eigenvalue weighted by Crippen LogP contribution is 2.20. The fraction of sp³-hybridized carbons (Fsp3) is 0.889. The molecule has 1 saturated heterocycles. The summed E-state index contributed by atoms with van der Waals surface area (Å²) in [6.45, 7) is 3.13. The molecule has 1 aliphatic heterocycles. The molecule has 1 amide bonds. The Morgan fingerprint density at radius 3 is 3.00 bits per heavy atom. The summed E-state index contributed by atoms with van der Waals surface area (Å²) in [5.41, 5.74) is 0. The molecule has 0 aromatic carbocycles. The number of likely N-dealkylation sites (tertiary alicyclic amines) is 1. The van der Waals surface area contributed by atoms with Crippen molar-refractivity contribution in [3.63, 3.8) is 0 Å². The third kappa shape index (κ3) is 2.22. The largest absolute Gasteiger partial charge is 0.340 e. The first kappa shape index (κ1) is 10.0. The summed E-state index contributed by atoms with van der Waals surface area (Å²) in [4.78, 5) is 13.6. The maximum Gasteiger partial charge on any atom is 0.223 e. The molecule has 1 rings (SSSR count). The Bertz CT molecular complexity index is 161. The van der Waals surface area contributed by atoms with E-state index in [4.69, 9.17) is 0 Å². The van der Waals surface area contributed by atoms with Gasteiger partial charge < -0.3 is 4.90 Å². The van der Waals surface area contributed by atoms with Crippen molar-refractivity contribution in [2.75, 3.05) is 11.9 Å². The van der Waals surface area contributed by atoms with Crippen LogP contribution in [-0.2, 0) is 4.79 Å². The zero-order valence-corrected chi connectivity index (χ0v) is 9.14. The van der Waals surface area contributed by atoms with E-state index in [-0.39, 0.29) is 0 Å². The maximum absolute atomic E-state index is 11.5. The van der Waals surface area contributed by atoms with E-state index in [0.717, 1.165) is 18.3 Å². The van der Waals surface area contributed by atoms with Crippen molar-refractivity contribution in [3.8, 4) is 0 Å². The Morgan fingerprint density at radius 2 is 2.42 bits per heavy atom. The van der Waals surface area contributed by atoms with E-state index in [1.54, 1.807) is 0 Å². The average molecular weight is 234 g/mol. The summed E-state index contributed by atoms with van der Waals surface area (Å²) in [6, 6.07) is 0.525. The van der Waals surface area contributed by atoms with Crippen LogP contribution < -0.4 is 0 Å². The van der Waals surface area contributed by atoms with Gasteiger partial charge in [-0.15, -0.1) is 0 Å². The number of carbonyl (C=O) groups is 1. The molecule has 0 aromatic rings. The van der Waals surface area contributed by atoms with Crippen LogP contribution in [0.5, 0.6) is 0 Å². The molecule has 1 heterocycles. The Hall–Kier alpha value is -0.0500. The summed E-state index contributed by atoms with van der Waals surface area (Å²) in [5.74, 6) is 0.316. The van der Waals surface area contributed by atoms with Crippen molar-refractivity contribution in [1.82, 2.24) is 4.90 Å². The molecule has 3 heteroatoms. The number of rotatable bonds is 3. The molecule has 1 atom stereocenters. The van der Waals surface area contributed by atoms with E-state index in [9.17, 15) is 4.79 Å². The van der Waals surface area contributed by atoms with Gasteiger partial charge in [0.05, 0.1) is 0 Å². The average Bonchev–Trinajstić information content (AvgIpc) is 2.51. The summed E-state index contributed by atoms with van der Waals surface area (Å²) < 4.78 is 0. The molecule has 2 nitrogen and oxygen atoms in total. The lowest BCUT2D eigenvalue weighted by atomic mass is 10.2. The summed E-state index contributed by atoms with van der Waals surface area (Å²) >= 11 is 3.29. The van der Waals surface area contributed by atoms with Crippen LogP contribution >= 0.6 is 15.9 Å². The standard InChI is InChI=1S/C9H16BrNO/c1-2-8-4-3-7-11(8)9(12)5-6-10/h8H,2-7H2,1H3. The Kier molecular flexibility index (Phi) is 4.06. The fourth-order valence-corrected chi connectivity index (χ4v) is 2.15. The number of hydrogen-bond acceptors (Lipinski definition) is 1. The van der Waals surface area contributed by atoms with Gasteiger partial charge in [0.15, 0.2) is 0 Å². The number of nitrogens with zero attached hydrogens (tertiary/aromatic N) is 1. The molecular formula is C9H16BrNO. The van der Waals surface area contributed by atoms with E-state index in [0.29, 0.717) is 18.4 Å². The quantitative estimate of drug-likeness (QED) is 0.685.